The average molecular weight is 432 g/mol. The zero-order chi connectivity index (χ0) is 21.6. The van der Waals surface area contributed by atoms with Gasteiger partial charge in [0.1, 0.15) is 12.3 Å². The van der Waals surface area contributed by atoms with Crippen molar-refractivity contribution in [1.29, 1.82) is 0 Å². The second-order valence-corrected chi connectivity index (χ2v) is 8.10. The lowest BCUT2D eigenvalue weighted by Crippen LogP contribution is -2.32. The number of carbonyl (C=O) groups is 1. The van der Waals surface area contributed by atoms with Crippen LogP contribution in [0.2, 0.25) is 5.02 Å². The Kier molecular flexibility index (Phi) is 11.3. The third-order valence-electron chi connectivity index (χ3n) is 5.19. The Morgan fingerprint density at radius 2 is 1.77 bits per heavy atom. The Bertz CT molecular complexity index is 779. The largest absolute Gasteiger partial charge is 0.494 e. The first-order chi connectivity index (χ1) is 14.6. The van der Waals surface area contributed by atoms with Crippen molar-refractivity contribution < 1.29 is 14.1 Å². The van der Waals surface area contributed by atoms with Crippen molar-refractivity contribution in [3.8, 4) is 5.75 Å². The van der Waals surface area contributed by atoms with Crippen LogP contribution in [0.4, 0.5) is 0 Å². The average Bonchev–Trinajstić information content (AvgIpc) is 2.76. The molecule has 1 N–H and O–H groups in total. The van der Waals surface area contributed by atoms with Crippen molar-refractivity contribution in [3.63, 3.8) is 0 Å². The third-order valence-corrected chi connectivity index (χ3v) is 5.50. The van der Waals surface area contributed by atoms with Crippen molar-refractivity contribution in [3.05, 3.63) is 58.9 Å². The van der Waals surface area contributed by atoms with Crippen molar-refractivity contribution >= 4 is 17.5 Å². The lowest BCUT2D eigenvalue weighted by molar-refractivity contribution is -0.694. The number of pyridine rings is 1. The Balaban J connectivity index is 1.71. The van der Waals surface area contributed by atoms with Crippen LogP contribution < -0.4 is 14.6 Å². The minimum Gasteiger partial charge on any atom is -0.494 e. The van der Waals surface area contributed by atoms with Gasteiger partial charge >= 0.3 is 0 Å². The van der Waals surface area contributed by atoms with Crippen molar-refractivity contribution in [2.75, 3.05) is 6.61 Å². The summed E-state index contributed by atoms with van der Waals surface area (Å²) in [5, 5.41) is 3.35. The van der Waals surface area contributed by atoms with Gasteiger partial charge in [-0.25, -0.2) is 4.57 Å². The molecular formula is C25H36ClN2O2+. The lowest BCUT2D eigenvalue weighted by atomic mass is 10.1. The molecule has 1 heterocycles. The van der Waals surface area contributed by atoms with Crippen LogP contribution in [-0.2, 0) is 13.1 Å². The molecule has 30 heavy (non-hydrogen) atoms. The van der Waals surface area contributed by atoms with E-state index in [0.29, 0.717) is 29.5 Å². The van der Waals surface area contributed by atoms with E-state index in [2.05, 4.69) is 23.7 Å². The summed E-state index contributed by atoms with van der Waals surface area (Å²) < 4.78 is 7.88. The van der Waals surface area contributed by atoms with Gasteiger partial charge in [-0.15, -0.1) is 0 Å². The molecule has 164 valence electrons. The predicted octanol–water partition coefficient (Wildman–Crippen LogP) is 6.10. The highest BCUT2D eigenvalue weighted by Crippen LogP contribution is 2.23. The molecule has 0 unspecified atom stereocenters. The van der Waals surface area contributed by atoms with E-state index < -0.39 is 0 Å². The summed E-state index contributed by atoms with van der Waals surface area (Å²) >= 11 is 6.33. The summed E-state index contributed by atoms with van der Waals surface area (Å²) in [5.41, 5.74) is 1.52. The molecule has 1 aromatic carbocycles. The first-order valence-corrected chi connectivity index (χ1v) is 11.7. The number of carbonyl (C=O) groups excluding carboxylic acids is 1. The fraction of sp³-hybridized carbons (Fsp3) is 0.520. The number of nitrogens with zero attached hydrogens (tertiary/aromatic N) is 1. The van der Waals surface area contributed by atoms with Gasteiger partial charge in [0.2, 0.25) is 0 Å². The number of ether oxygens (including phenoxy) is 1. The molecule has 4 nitrogen and oxygen atoms in total. The standard InChI is InChI=1S/C25H35ClN2O2/c1-3-5-6-7-8-9-10-11-17-30-22-14-15-23(24(26)18-22)25(29)27-19-21-13-12-16-28(4-2)20-21/h12-16,18,20H,3-11,17,19H2,1-2H3/p+1. The first-order valence-electron chi connectivity index (χ1n) is 11.3. The SMILES string of the molecule is CCCCCCCCCCOc1ccc(C(=O)NCc2ccc[n+](CC)c2)c(Cl)c1. The number of benzene rings is 1. The van der Waals surface area contributed by atoms with E-state index in [1.165, 1.54) is 44.9 Å². The van der Waals surface area contributed by atoms with Crippen LogP contribution in [0.3, 0.4) is 0 Å². The van der Waals surface area contributed by atoms with Gasteiger partial charge in [-0.05, 0) is 37.6 Å². The summed E-state index contributed by atoms with van der Waals surface area (Å²) in [5.74, 6) is 0.535. The van der Waals surface area contributed by atoms with Gasteiger partial charge in [0.15, 0.2) is 12.4 Å². The Morgan fingerprint density at radius 1 is 1.03 bits per heavy atom. The van der Waals surface area contributed by atoms with Crippen LogP contribution >= 0.6 is 11.6 Å². The lowest BCUT2D eigenvalue weighted by Gasteiger charge is -2.10. The summed E-state index contributed by atoms with van der Waals surface area (Å²) in [6, 6.07) is 9.26. The highest BCUT2D eigenvalue weighted by atomic mass is 35.5. The van der Waals surface area contributed by atoms with Crippen LogP contribution in [0.1, 0.15) is 81.1 Å². The summed E-state index contributed by atoms with van der Waals surface area (Å²) in [7, 11) is 0. The number of nitrogens with one attached hydrogen (secondary N) is 1. The van der Waals surface area contributed by atoms with Gasteiger partial charge in [-0.1, -0.05) is 63.5 Å². The van der Waals surface area contributed by atoms with E-state index in [1.807, 2.05) is 30.6 Å². The number of rotatable bonds is 14. The highest BCUT2D eigenvalue weighted by Gasteiger charge is 2.12. The van der Waals surface area contributed by atoms with Crippen molar-refractivity contribution in [2.45, 2.75) is 78.3 Å². The number of halogens is 1. The normalized spacial score (nSPS) is 10.8. The molecule has 0 spiro atoms. The molecule has 2 aromatic rings. The van der Waals surface area contributed by atoms with Gasteiger partial charge in [-0.2, -0.15) is 0 Å². The van der Waals surface area contributed by atoms with E-state index in [0.717, 1.165) is 18.5 Å². The van der Waals surface area contributed by atoms with Crippen LogP contribution in [0.15, 0.2) is 42.7 Å². The summed E-state index contributed by atoms with van der Waals surface area (Å²) in [6.07, 6.45) is 14.2. The van der Waals surface area contributed by atoms with E-state index in [4.69, 9.17) is 16.3 Å². The van der Waals surface area contributed by atoms with Gasteiger partial charge in [-0.3, -0.25) is 4.79 Å². The summed E-state index contributed by atoms with van der Waals surface area (Å²) in [4.78, 5) is 12.5. The van der Waals surface area contributed by atoms with E-state index in [1.54, 1.807) is 12.1 Å². The van der Waals surface area contributed by atoms with Crippen molar-refractivity contribution in [2.24, 2.45) is 0 Å². The quantitative estimate of drug-likeness (QED) is 0.290. The van der Waals surface area contributed by atoms with Crippen LogP contribution in [0, 0.1) is 0 Å². The monoisotopic (exact) mass is 431 g/mol. The van der Waals surface area contributed by atoms with Gasteiger partial charge in [0.05, 0.1) is 17.2 Å². The van der Waals surface area contributed by atoms with Crippen LogP contribution in [-0.4, -0.2) is 12.5 Å². The number of aromatic nitrogens is 1. The Morgan fingerprint density at radius 3 is 2.47 bits per heavy atom. The van der Waals surface area contributed by atoms with Gasteiger partial charge in [0, 0.05) is 18.2 Å². The molecule has 0 radical (unpaired) electrons. The fourth-order valence-electron chi connectivity index (χ4n) is 3.35. The smallest absolute Gasteiger partial charge is 0.253 e. The van der Waals surface area contributed by atoms with Crippen LogP contribution in [0.25, 0.3) is 0 Å². The topological polar surface area (TPSA) is 42.2 Å². The number of hydrogen-bond donors (Lipinski definition) is 1. The maximum absolute atomic E-state index is 12.5. The molecule has 0 fully saturated rings. The Hall–Kier alpha value is -2.07. The molecule has 2 rings (SSSR count). The maximum atomic E-state index is 12.5. The number of amides is 1. The van der Waals surface area contributed by atoms with E-state index in [9.17, 15) is 4.79 Å². The molecule has 1 amide bonds. The minimum absolute atomic E-state index is 0.179. The second kappa shape index (κ2) is 14.0. The third kappa shape index (κ3) is 8.74. The summed E-state index contributed by atoms with van der Waals surface area (Å²) in [6.45, 7) is 6.37. The molecule has 0 aliphatic heterocycles. The highest BCUT2D eigenvalue weighted by molar-refractivity contribution is 6.34. The second-order valence-electron chi connectivity index (χ2n) is 7.69. The molecule has 0 saturated carbocycles. The molecule has 0 atom stereocenters. The fourth-order valence-corrected chi connectivity index (χ4v) is 3.61. The molecular weight excluding hydrogens is 396 g/mol. The van der Waals surface area contributed by atoms with Crippen LogP contribution in [0.5, 0.6) is 5.75 Å². The molecule has 0 aliphatic carbocycles. The van der Waals surface area contributed by atoms with E-state index in [-0.39, 0.29) is 5.91 Å². The first kappa shape index (κ1) is 24.2. The Labute approximate surface area is 186 Å². The van der Waals surface area contributed by atoms with Crippen molar-refractivity contribution in [1.82, 2.24) is 5.32 Å². The molecule has 0 bridgehead atoms. The maximum Gasteiger partial charge on any atom is 0.253 e. The predicted molar refractivity (Wildman–Crippen MR) is 123 cm³/mol. The molecule has 1 aromatic heterocycles. The minimum atomic E-state index is -0.179. The van der Waals surface area contributed by atoms with E-state index >= 15 is 0 Å². The number of unbranched alkanes of at least 4 members (excludes halogenated alkanes) is 7. The molecule has 0 aliphatic rings. The van der Waals surface area contributed by atoms with Gasteiger partial charge < -0.3 is 10.1 Å². The van der Waals surface area contributed by atoms with Gasteiger partial charge in [0.25, 0.3) is 5.91 Å². The number of hydrogen-bond acceptors (Lipinski definition) is 2. The number of aryl methyl sites for hydroxylation is 1. The molecule has 5 heteroatoms. The zero-order valence-corrected chi connectivity index (χ0v) is 19.2. The zero-order valence-electron chi connectivity index (χ0n) is 18.5. The molecule has 0 saturated heterocycles.